The number of hydrogen-bond donors (Lipinski definition) is 1. The van der Waals surface area contributed by atoms with Crippen molar-refractivity contribution in [2.24, 2.45) is 17.8 Å². The van der Waals surface area contributed by atoms with E-state index in [4.69, 9.17) is 27.6 Å². The highest BCUT2D eigenvalue weighted by atomic mass is 35.5. The smallest absolute Gasteiger partial charge is 0.301 e. The first-order valence-electron chi connectivity index (χ1n) is 15.9. The van der Waals surface area contributed by atoms with Gasteiger partial charge in [-0.25, -0.2) is 31.8 Å². The van der Waals surface area contributed by atoms with E-state index >= 15 is 8.78 Å². The number of nitrogens with zero attached hydrogens (tertiary/aromatic N) is 5. The number of aliphatic hydroxyl groups is 1. The summed E-state index contributed by atoms with van der Waals surface area (Å²) >= 11 is 14.0. The Morgan fingerprint density at radius 3 is 1.95 bits per heavy atom. The van der Waals surface area contributed by atoms with Gasteiger partial charge in [-0.2, -0.15) is 0 Å². The number of anilines is 3. The minimum absolute atomic E-state index is 0.0229. The molecule has 4 aliphatic rings. The van der Waals surface area contributed by atoms with E-state index < -0.39 is 137 Å². The molecule has 1 N–H and O–H groups in total. The lowest BCUT2D eigenvalue weighted by atomic mass is 9.57. The number of imide groups is 2. The Labute approximate surface area is 313 Å². The molecule has 0 unspecified atom stereocenters. The van der Waals surface area contributed by atoms with Crippen molar-refractivity contribution < 1.29 is 60.5 Å². The van der Waals surface area contributed by atoms with E-state index in [0.717, 1.165) is 17.0 Å². The van der Waals surface area contributed by atoms with Crippen molar-refractivity contribution in [3.05, 3.63) is 96.7 Å². The van der Waals surface area contributed by atoms with E-state index in [0.29, 0.717) is 4.90 Å². The predicted octanol–water partition coefficient (Wildman–Crippen LogP) is 5.12. The van der Waals surface area contributed by atoms with Gasteiger partial charge < -0.3 is 14.4 Å². The number of allylic oxidation sites excluding steroid dienone is 2. The summed E-state index contributed by atoms with van der Waals surface area (Å²) in [6.07, 6.45) is 0.206. The van der Waals surface area contributed by atoms with E-state index in [1.807, 2.05) is 0 Å². The largest absolute Gasteiger partial charge is 0.463 e. The van der Waals surface area contributed by atoms with Crippen LogP contribution in [-0.2, 0) is 25.8 Å². The van der Waals surface area contributed by atoms with Crippen LogP contribution in [0.5, 0.6) is 0 Å². The SMILES string of the molecule is CN(C)c1c([N+](=O)[O-])cc(N2C(=O)[C@H]3[C@H](CC=C4[C@H]3C[C@@]3(Cl)C(=O)N(c5c(F)c(F)c(F)c(F)c5F)C(=O)[C@@]3(Cl)[C@H]4c3ccc(CO)o3)C2=O)cc1[N+](=O)[O-]. The van der Waals surface area contributed by atoms with Gasteiger partial charge in [-0.1, -0.05) is 11.6 Å². The molecule has 6 atom stereocenters. The Balaban J connectivity index is 1.40. The lowest BCUT2D eigenvalue weighted by Crippen LogP contribution is -2.60. The molecule has 7 rings (SSSR count). The Bertz CT molecular complexity index is 2290. The molecule has 2 saturated heterocycles. The fraction of sp³-hybridized carbons (Fsp3) is 0.333. The molecule has 1 saturated carbocycles. The summed E-state index contributed by atoms with van der Waals surface area (Å²) in [5.74, 6) is -24.6. The number of carbonyl (C=O) groups is 4. The second-order valence-corrected chi connectivity index (χ2v) is 14.6. The van der Waals surface area contributed by atoms with Gasteiger partial charge in [-0.3, -0.25) is 39.4 Å². The molecule has 2 aromatic carbocycles. The fourth-order valence-corrected chi connectivity index (χ4v) is 9.14. The van der Waals surface area contributed by atoms with E-state index in [1.165, 1.54) is 32.3 Å². The first-order valence-corrected chi connectivity index (χ1v) is 16.7. The zero-order chi connectivity index (χ0) is 40.4. The molecule has 55 heavy (non-hydrogen) atoms. The van der Waals surface area contributed by atoms with Crippen LogP contribution in [0.3, 0.4) is 0 Å². The van der Waals surface area contributed by atoms with Crippen molar-refractivity contribution in [2.45, 2.75) is 35.1 Å². The maximum absolute atomic E-state index is 15.2. The predicted molar refractivity (Wildman–Crippen MR) is 178 cm³/mol. The first kappa shape index (κ1) is 37.8. The third-order valence-corrected chi connectivity index (χ3v) is 11.9. The summed E-state index contributed by atoms with van der Waals surface area (Å²) in [5, 5.41) is 33.8. The van der Waals surface area contributed by atoms with Crippen molar-refractivity contribution in [3.63, 3.8) is 0 Å². The van der Waals surface area contributed by atoms with Crippen LogP contribution >= 0.6 is 23.2 Å². The van der Waals surface area contributed by atoms with E-state index in [9.17, 15) is 57.7 Å². The third kappa shape index (κ3) is 4.89. The zero-order valence-electron chi connectivity index (χ0n) is 27.8. The van der Waals surface area contributed by atoms with E-state index in [-0.39, 0.29) is 28.4 Å². The van der Waals surface area contributed by atoms with Crippen LogP contribution in [0.1, 0.15) is 30.3 Å². The fourth-order valence-electron chi connectivity index (χ4n) is 8.22. The van der Waals surface area contributed by atoms with Crippen LogP contribution in [0.25, 0.3) is 0 Å². The second kappa shape index (κ2) is 12.5. The molecule has 4 amide bonds. The molecule has 3 aromatic rings. The number of nitro groups is 2. The molecule has 0 spiro atoms. The highest BCUT2D eigenvalue weighted by Crippen LogP contribution is 2.66. The van der Waals surface area contributed by atoms with Gasteiger partial charge in [0.2, 0.25) is 17.6 Å². The number of alkyl halides is 2. The number of carbonyl (C=O) groups excluding carboxylic acids is 4. The van der Waals surface area contributed by atoms with Crippen molar-refractivity contribution in [1.29, 1.82) is 0 Å². The molecule has 2 aliphatic carbocycles. The number of hydrogen-bond acceptors (Lipinski definition) is 11. The normalized spacial score (nSPS) is 27.3. The van der Waals surface area contributed by atoms with Gasteiger partial charge in [-0.05, 0) is 30.9 Å². The van der Waals surface area contributed by atoms with Crippen LogP contribution in [-0.4, -0.2) is 62.4 Å². The van der Waals surface area contributed by atoms with Gasteiger partial charge in [0.25, 0.3) is 11.8 Å². The Morgan fingerprint density at radius 2 is 1.44 bits per heavy atom. The quantitative estimate of drug-likeness (QED) is 0.0486. The van der Waals surface area contributed by atoms with Crippen LogP contribution in [0.15, 0.2) is 40.3 Å². The number of fused-ring (bicyclic) bond motifs is 4. The number of furan rings is 1. The van der Waals surface area contributed by atoms with Gasteiger partial charge in [0.05, 0.1) is 33.3 Å². The third-order valence-electron chi connectivity index (χ3n) is 10.5. The average Bonchev–Trinajstić information content (AvgIpc) is 3.75. The number of rotatable bonds is 7. The molecule has 22 heteroatoms. The number of aliphatic hydroxyl groups excluding tert-OH is 1. The van der Waals surface area contributed by atoms with Crippen molar-refractivity contribution in [3.8, 4) is 0 Å². The molecule has 3 fully saturated rings. The molecule has 288 valence electrons. The topological polar surface area (TPSA) is 198 Å². The van der Waals surface area contributed by atoms with Crippen LogP contribution in [0.4, 0.5) is 50.4 Å². The van der Waals surface area contributed by atoms with Crippen molar-refractivity contribution in [2.75, 3.05) is 28.8 Å². The average molecular weight is 814 g/mol. The highest BCUT2D eigenvalue weighted by Gasteiger charge is 2.77. The molecule has 1 aromatic heterocycles. The summed E-state index contributed by atoms with van der Waals surface area (Å²) in [6, 6.07) is 4.01. The zero-order valence-corrected chi connectivity index (χ0v) is 29.3. The van der Waals surface area contributed by atoms with E-state index in [2.05, 4.69) is 0 Å². The summed E-state index contributed by atoms with van der Waals surface area (Å²) in [4.78, 5) is 74.7. The Morgan fingerprint density at radius 1 is 0.873 bits per heavy atom. The maximum Gasteiger partial charge on any atom is 0.301 e. The van der Waals surface area contributed by atoms with Gasteiger partial charge in [0.1, 0.15) is 23.8 Å². The molecule has 3 heterocycles. The lowest BCUT2D eigenvalue weighted by molar-refractivity contribution is -0.392. The minimum atomic E-state index is -2.87. The van der Waals surface area contributed by atoms with E-state index in [1.54, 1.807) is 0 Å². The number of nitro benzene ring substituents is 2. The summed E-state index contributed by atoms with van der Waals surface area (Å²) in [6.45, 7) is -0.711. The highest BCUT2D eigenvalue weighted by molar-refractivity contribution is 6.58. The minimum Gasteiger partial charge on any atom is -0.463 e. The van der Waals surface area contributed by atoms with Crippen LogP contribution in [0, 0.1) is 67.1 Å². The number of benzene rings is 2. The summed E-state index contributed by atoms with van der Waals surface area (Å²) in [7, 11) is 2.59. The first-order chi connectivity index (χ1) is 25.7. The van der Waals surface area contributed by atoms with Crippen molar-refractivity contribution in [1.82, 2.24) is 0 Å². The van der Waals surface area contributed by atoms with Gasteiger partial charge in [-0.15, -0.1) is 23.2 Å². The molecule has 15 nitrogen and oxygen atoms in total. The Hall–Kier alpha value is -5.47. The number of amides is 4. The lowest BCUT2D eigenvalue weighted by Gasteiger charge is -2.49. The standard InChI is InChI=1S/C33H22Cl2F5N5O10/c1-41(2)26-16(44(51)52)7-11(8-17(26)45(53)54)42-28(47)14-5-4-13-15(19(14)29(42)48)9-32(34)30(49)43(27-24(39)22(37)21(36)23(38)25(27)40)31(50)33(32,35)20(13)18-6-3-12(10-46)55-18/h3-4,6-8,14-15,19-20,46H,5,9-10H2,1-2H3/t14-,15+,19-,20+,32+,33-/m0/s1. The molecular weight excluding hydrogens is 792 g/mol. The summed E-state index contributed by atoms with van der Waals surface area (Å²) in [5.41, 5.74) is -4.59. The molecule has 0 bridgehead atoms. The summed E-state index contributed by atoms with van der Waals surface area (Å²) < 4.78 is 79.0. The van der Waals surface area contributed by atoms with Gasteiger partial charge in [0, 0.05) is 26.2 Å². The van der Waals surface area contributed by atoms with Gasteiger partial charge in [0.15, 0.2) is 38.7 Å². The second-order valence-electron chi connectivity index (χ2n) is 13.4. The van der Waals surface area contributed by atoms with Crippen LogP contribution < -0.4 is 14.7 Å². The molecule has 2 aliphatic heterocycles. The van der Waals surface area contributed by atoms with Crippen molar-refractivity contribution >= 4 is 75.3 Å². The monoisotopic (exact) mass is 813 g/mol. The van der Waals surface area contributed by atoms with Gasteiger partial charge >= 0.3 is 11.4 Å². The molecule has 0 radical (unpaired) electrons. The maximum atomic E-state index is 15.2. The van der Waals surface area contributed by atoms with Crippen LogP contribution in [0.2, 0.25) is 0 Å². The Kier molecular flexibility index (Phi) is 8.62. The number of halogens is 7. The molecular formula is C33H22Cl2F5N5O10.